The molecule has 0 aromatic carbocycles. The van der Waals surface area contributed by atoms with Gasteiger partial charge >= 0.3 is 5.97 Å². The first-order valence-electron chi connectivity index (χ1n) is 18.9. The minimum Gasteiger partial charge on any atom is -0.469 e. The Morgan fingerprint density at radius 3 is 2.12 bits per heavy atom. The second-order valence-corrected chi connectivity index (χ2v) is 28.7. The second kappa shape index (κ2) is 14.0. The van der Waals surface area contributed by atoms with E-state index in [2.05, 4.69) is 106 Å². The van der Waals surface area contributed by atoms with Gasteiger partial charge in [-0.15, -0.1) is 0 Å². The number of hydrogen-bond donors (Lipinski definition) is 1. The number of ether oxygens (including phenoxy) is 1. The van der Waals surface area contributed by atoms with Crippen LogP contribution in [0.5, 0.6) is 0 Å². The highest BCUT2D eigenvalue weighted by molar-refractivity contribution is 6.74. The van der Waals surface area contributed by atoms with Crippen molar-refractivity contribution in [3.05, 3.63) is 47.6 Å². The minimum absolute atomic E-state index is 0.0107. The molecule has 0 radical (unpaired) electrons. The topological polar surface area (TPSA) is 65.0 Å². The average Bonchev–Trinajstić information content (AvgIpc) is 3.70. The van der Waals surface area contributed by atoms with Gasteiger partial charge in [-0.25, -0.2) is 0 Å². The third kappa shape index (κ3) is 7.96. The van der Waals surface area contributed by atoms with Crippen LogP contribution < -0.4 is 0 Å². The molecule has 4 rings (SSSR count). The fourth-order valence-corrected chi connectivity index (χ4v) is 11.1. The number of aliphatic hydroxyl groups excluding tert-OH is 1. The molecule has 0 aliphatic heterocycles. The number of carbonyl (C=O) groups excluding carboxylic acids is 1. The normalized spacial score (nSPS) is 32.8. The molecule has 0 bridgehead atoms. The van der Waals surface area contributed by atoms with Crippen LogP contribution in [0, 0.1) is 28.6 Å². The Labute approximate surface area is 296 Å². The van der Waals surface area contributed by atoms with Gasteiger partial charge in [0, 0.05) is 6.42 Å². The number of esters is 1. The Hall–Kier alpha value is -1.26. The van der Waals surface area contributed by atoms with Crippen LogP contribution in [-0.4, -0.2) is 53.1 Å². The molecule has 0 aromatic rings. The first-order valence-corrected chi connectivity index (χ1v) is 24.7. The molecular weight excluding hydrogens is 629 g/mol. The van der Waals surface area contributed by atoms with Crippen LogP contribution in [0.4, 0.5) is 0 Å². The molecule has 4 aliphatic rings. The Kier molecular flexibility index (Phi) is 11.6. The van der Waals surface area contributed by atoms with E-state index in [9.17, 15) is 9.90 Å². The molecule has 5 nitrogen and oxygen atoms in total. The Balaban J connectivity index is 1.56. The average molecular weight is 699 g/mol. The van der Waals surface area contributed by atoms with Crippen LogP contribution >= 0.6 is 0 Å². The van der Waals surface area contributed by atoms with Crippen LogP contribution in [0.3, 0.4) is 0 Å². The molecule has 0 heterocycles. The lowest BCUT2D eigenvalue weighted by atomic mass is 9.61. The highest BCUT2D eigenvalue weighted by Crippen LogP contribution is 2.60. The number of fused-ring (bicyclic) bond motifs is 1. The first-order chi connectivity index (χ1) is 22.0. The standard InChI is InChI=1S/C41H70O5Si2/c1-28(17-22-36(42)41(24-25-41)37(43)44-10)33-20-21-34-30(16-15-23-40(33,34)9)18-19-31-26-32(45-47(11,12)38(3,4)5)27-35(29(31)2)46-48(13,14)39(6,7)8/h17-19,22,28,32-36,42H,2,15-16,20-21,23-27H2,1,3-14H3/b22-17+,30-18+,31-19-/t28-,32-,33-,34+,35+,36-,40-/m1/s1. The monoisotopic (exact) mass is 698 g/mol. The van der Waals surface area contributed by atoms with Crippen molar-refractivity contribution < 1.29 is 23.5 Å². The number of methoxy groups -OCH3 is 1. The van der Waals surface area contributed by atoms with E-state index in [0.717, 1.165) is 24.8 Å². The molecule has 0 aromatic heterocycles. The maximum Gasteiger partial charge on any atom is 0.314 e. The van der Waals surface area contributed by atoms with Crippen molar-refractivity contribution in [1.29, 1.82) is 0 Å². The predicted molar refractivity (Wildman–Crippen MR) is 205 cm³/mol. The summed E-state index contributed by atoms with van der Waals surface area (Å²) in [4.78, 5) is 12.3. The molecule has 48 heavy (non-hydrogen) atoms. The summed E-state index contributed by atoms with van der Waals surface area (Å²) >= 11 is 0. The van der Waals surface area contributed by atoms with E-state index in [0.29, 0.717) is 30.6 Å². The zero-order chi connectivity index (χ0) is 36.1. The lowest BCUT2D eigenvalue weighted by Gasteiger charge is -2.45. The molecular formula is C41H70O5Si2. The summed E-state index contributed by atoms with van der Waals surface area (Å²) in [6.45, 7) is 32.8. The summed E-state index contributed by atoms with van der Waals surface area (Å²) in [5.41, 5.74) is 3.52. The maximum atomic E-state index is 12.3. The van der Waals surface area contributed by atoms with E-state index in [-0.39, 0.29) is 33.7 Å². The molecule has 7 heteroatoms. The van der Waals surface area contributed by atoms with Crippen LogP contribution in [-0.2, 0) is 18.4 Å². The van der Waals surface area contributed by atoms with Crippen LogP contribution in [0.15, 0.2) is 47.6 Å². The molecule has 0 saturated heterocycles. The van der Waals surface area contributed by atoms with Gasteiger partial charge in [-0.3, -0.25) is 4.79 Å². The van der Waals surface area contributed by atoms with Crippen molar-refractivity contribution in [3.8, 4) is 0 Å². The van der Waals surface area contributed by atoms with Crippen molar-refractivity contribution in [2.24, 2.45) is 28.6 Å². The first kappa shape index (κ1) is 39.5. The maximum absolute atomic E-state index is 12.3. The molecule has 4 fully saturated rings. The second-order valence-electron chi connectivity index (χ2n) is 19.2. The van der Waals surface area contributed by atoms with Gasteiger partial charge in [0.25, 0.3) is 0 Å². The summed E-state index contributed by atoms with van der Waals surface area (Å²) in [5.74, 6) is 1.16. The number of allylic oxidation sites excluding steroid dienone is 4. The number of carbonyl (C=O) groups is 1. The summed E-state index contributed by atoms with van der Waals surface area (Å²) in [5, 5.41) is 11.2. The van der Waals surface area contributed by atoms with Gasteiger partial charge in [-0.2, -0.15) is 0 Å². The van der Waals surface area contributed by atoms with Gasteiger partial charge < -0.3 is 18.7 Å². The van der Waals surface area contributed by atoms with Crippen molar-refractivity contribution in [1.82, 2.24) is 0 Å². The van der Waals surface area contributed by atoms with Crippen LogP contribution in [0.2, 0.25) is 36.3 Å². The predicted octanol–water partition coefficient (Wildman–Crippen LogP) is 10.7. The summed E-state index contributed by atoms with van der Waals surface area (Å²) < 4.78 is 19.2. The zero-order valence-corrected chi connectivity index (χ0v) is 34.9. The van der Waals surface area contributed by atoms with Gasteiger partial charge in [0.2, 0.25) is 0 Å². The number of rotatable bonds is 10. The number of aliphatic hydroxyl groups is 1. The molecule has 0 amide bonds. The van der Waals surface area contributed by atoms with E-state index < -0.39 is 28.2 Å². The fourth-order valence-electron chi connectivity index (χ4n) is 8.47. The zero-order valence-electron chi connectivity index (χ0n) is 32.9. The summed E-state index contributed by atoms with van der Waals surface area (Å²) in [6, 6.07) is 0. The van der Waals surface area contributed by atoms with E-state index in [1.54, 1.807) is 5.57 Å². The van der Waals surface area contributed by atoms with Crippen molar-refractivity contribution in [2.45, 2.75) is 168 Å². The summed E-state index contributed by atoms with van der Waals surface area (Å²) in [6.07, 6.45) is 17.4. The smallest absolute Gasteiger partial charge is 0.314 e. The van der Waals surface area contributed by atoms with Crippen LogP contribution in [0.1, 0.15) is 113 Å². The SMILES string of the molecule is C=C1/C(=C\C=C2/CCC[C@]3(C)[C@@H]([C@H](C)/C=C/[C@@H](O)C4(C(=O)OC)CC4)CC[C@@H]23)C[C@@H](O[Si](C)(C)C(C)(C)C)C[C@@H]1O[Si](C)(C)C(C)(C)C. The van der Waals surface area contributed by atoms with Crippen molar-refractivity contribution in [2.75, 3.05) is 7.11 Å². The van der Waals surface area contributed by atoms with Crippen molar-refractivity contribution >= 4 is 22.6 Å². The Morgan fingerprint density at radius 2 is 1.56 bits per heavy atom. The van der Waals surface area contributed by atoms with Gasteiger partial charge in [0.15, 0.2) is 16.6 Å². The quantitative estimate of drug-likeness (QED) is 0.140. The molecule has 272 valence electrons. The van der Waals surface area contributed by atoms with Gasteiger partial charge in [-0.05, 0) is 122 Å². The molecule has 4 saturated carbocycles. The summed E-state index contributed by atoms with van der Waals surface area (Å²) in [7, 11) is -2.56. The van der Waals surface area contributed by atoms with Gasteiger partial charge in [0.1, 0.15) is 0 Å². The third-order valence-corrected chi connectivity index (χ3v) is 23.0. The van der Waals surface area contributed by atoms with E-state index in [1.807, 2.05) is 6.08 Å². The molecule has 1 N–H and O–H groups in total. The molecule has 7 atom stereocenters. The molecule has 4 aliphatic carbocycles. The van der Waals surface area contributed by atoms with Crippen LogP contribution in [0.25, 0.3) is 0 Å². The van der Waals surface area contributed by atoms with Gasteiger partial charge in [-0.1, -0.05) is 91.8 Å². The number of hydrogen-bond acceptors (Lipinski definition) is 5. The highest BCUT2D eigenvalue weighted by atomic mass is 28.4. The van der Waals surface area contributed by atoms with Gasteiger partial charge in [0.05, 0.1) is 30.8 Å². The molecule has 0 spiro atoms. The van der Waals surface area contributed by atoms with Crippen molar-refractivity contribution in [3.63, 3.8) is 0 Å². The Morgan fingerprint density at radius 1 is 0.958 bits per heavy atom. The van der Waals surface area contributed by atoms with E-state index in [4.69, 9.17) is 13.6 Å². The lowest BCUT2D eigenvalue weighted by molar-refractivity contribution is -0.150. The largest absolute Gasteiger partial charge is 0.469 e. The highest BCUT2D eigenvalue weighted by Gasteiger charge is 2.56. The van der Waals surface area contributed by atoms with E-state index >= 15 is 0 Å². The minimum atomic E-state index is -2.01. The Bertz CT molecular complexity index is 1290. The molecule has 0 unspecified atom stereocenters. The third-order valence-electron chi connectivity index (χ3n) is 14.0. The van der Waals surface area contributed by atoms with E-state index in [1.165, 1.54) is 38.4 Å². The fraction of sp³-hybridized carbons (Fsp3) is 0.780. The lowest BCUT2D eigenvalue weighted by Crippen LogP contribution is -2.49.